The summed E-state index contributed by atoms with van der Waals surface area (Å²) in [7, 11) is 0. The average Bonchev–Trinajstić information content (AvgIpc) is 3.03. The maximum Gasteiger partial charge on any atom is 0.244 e. The van der Waals surface area contributed by atoms with E-state index in [1.807, 2.05) is 30.3 Å². The van der Waals surface area contributed by atoms with Gasteiger partial charge in [-0.1, -0.05) is 30.3 Å². The first kappa shape index (κ1) is 15.1. The lowest BCUT2D eigenvalue weighted by Gasteiger charge is -2.17. The van der Waals surface area contributed by atoms with Crippen LogP contribution in [0.25, 0.3) is 6.08 Å². The lowest BCUT2D eigenvalue weighted by Crippen LogP contribution is -2.27. The van der Waals surface area contributed by atoms with Crippen LogP contribution in [0.3, 0.4) is 0 Å². The van der Waals surface area contributed by atoms with Gasteiger partial charge in [-0.25, -0.2) is 0 Å². The molecule has 4 nitrogen and oxygen atoms in total. The summed E-state index contributed by atoms with van der Waals surface area (Å²) >= 11 is 0. The molecule has 1 aromatic carbocycles. The second kappa shape index (κ2) is 8.07. The Morgan fingerprint density at radius 1 is 1.24 bits per heavy atom. The van der Waals surface area contributed by atoms with Crippen LogP contribution in [0.15, 0.2) is 59.2 Å². The third kappa shape index (κ3) is 4.93. The number of benzene rings is 1. The van der Waals surface area contributed by atoms with Crippen molar-refractivity contribution in [3.8, 4) is 0 Å². The molecule has 4 heteroatoms. The quantitative estimate of drug-likeness (QED) is 0.769. The number of carbonyl (C=O) groups is 1. The molecule has 110 valence electrons. The summed E-state index contributed by atoms with van der Waals surface area (Å²) in [5, 5.41) is 11.9. The van der Waals surface area contributed by atoms with Gasteiger partial charge >= 0.3 is 0 Å². The first-order valence-electron chi connectivity index (χ1n) is 6.97. The third-order valence-electron chi connectivity index (χ3n) is 3.11. The number of hydrogen-bond donors (Lipinski definition) is 2. The number of nitrogens with one attached hydrogen (secondary N) is 1. The number of rotatable bonds is 7. The fourth-order valence-electron chi connectivity index (χ4n) is 2.07. The predicted octanol–water partition coefficient (Wildman–Crippen LogP) is 2.92. The molecule has 0 saturated carbocycles. The first-order chi connectivity index (χ1) is 10.3. The highest BCUT2D eigenvalue weighted by Crippen LogP contribution is 2.18. The maximum atomic E-state index is 12.0. The van der Waals surface area contributed by atoms with Crippen LogP contribution < -0.4 is 5.32 Å². The van der Waals surface area contributed by atoms with Crippen LogP contribution in [0.2, 0.25) is 0 Å². The van der Waals surface area contributed by atoms with E-state index in [-0.39, 0.29) is 18.6 Å². The van der Waals surface area contributed by atoms with Crippen molar-refractivity contribution >= 4 is 12.0 Å². The lowest BCUT2D eigenvalue weighted by molar-refractivity contribution is -0.117. The van der Waals surface area contributed by atoms with Crippen LogP contribution >= 0.6 is 0 Å². The Morgan fingerprint density at radius 2 is 2.05 bits per heavy atom. The van der Waals surface area contributed by atoms with Crippen LogP contribution in [0.4, 0.5) is 0 Å². The largest absolute Gasteiger partial charge is 0.465 e. The van der Waals surface area contributed by atoms with E-state index in [2.05, 4.69) is 5.32 Å². The number of furan rings is 1. The van der Waals surface area contributed by atoms with Crippen molar-refractivity contribution in [2.75, 3.05) is 6.61 Å². The molecule has 1 unspecified atom stereocenters. The molecule has 0 aliphatic heterocycles. The number of amides is 1. The van der Waals surface area contributed by atoms with E-state index in [9.17, 15) is 4.79 Å². The first-order valence-corrected chi connectivity index (χ1v) is 6.97. The minimum absolute atomic E-state index is 0.105. The SMILES string of the molecule is O=C(/C=C/c1ccco1)NC(CCCO)c1ccccc1. The van der Waals surface area contributed by atoms with Crippen molar-refractivity contribution in [1.82, 2.24) is 5.32 Å². The molecular formula is C17H19NO3. The molecule has 2 rings (SSSR count). The van der Waals surface area contributed by atoms with Crippen molar-refractivity contribution in [2.45, 2.75) is 18.9 Å². The van der Waals surface area contributed by atoms with Gasteiger partial charge in [0.1, 0.15) is 5.76 Å². The fourth-order valence-corrected chi connectivity index (χ4v) is 2.07. The molecule has 0 radical (unpaired) electrons. The normalized spacial score (nSPS) is 12.4. The van der Waals surface area contributed by atoms with Gasteiger partial charge in [-0.15, -0.1) is 0 Å². The van der Waals surface area contributed by atoms with Gasteiger partial charge in [0.25, 0.3) is 0 Å². The Bertz CT molecular complexity index is 561. The van der Waals surface area contributed by atoms with E-state index in [0.29, 0.717) is 18.6 Å². The summed E-state index contributed by atoms with van der Waals surface area (Å²) in [5.41, 5.74) is 1.03. The smallest absolute Gasteiger partial charge is 0.244 e. The van der Waals surface area contributed by atoms with Crippen LogP contribution in [0, 0.1) is 0 Å². The van der Waals surface area contributed by atoms with E-state index in [1.165, 1.54) is 6.08 Å². The van der Waals surface area contributed by atoms with Gasteiger partial charge < -0.3 is 14.8 Å². The summed E-state index contributed by atoms with van der Waals surface area (Å²) in [6.07, 6.45) is 5.98. The van der Waals surface area contributed by atoms with Gasteiger partial charge in [-0.3, -0.25) is 4.79 Å². The average molecular weight is 285 g/mol. The molecule has 2 aromatic rings. The number of aliphatic hydroxyl groups is 1. The van der Waals surface area contributed by atoms with Crippen molar-refractivity contribution in [3.05, 3.63) is 66.1 Å². The Hall–Kier alpha value is -2.33. The van der Waals surface area contributed by atoms with Gasteiger partial charge in [0.15, 0.2) is 0 Å². The molecule has 0 fully saturated rings. The van der Waals surface area contributed by atoms with Crippen molar-refractivity contribution in [3.63, 3.8) is 0 Å². The Morgan fingerprint density at radius 3 is 2.71 bits per heavy atom. The Labute approximate surface area is 124 Å². The van der Waals surface area contributed by atoms with Crippen molar-refractivity contribution < 1.29 is 14.3 Å². The second-order valence-corrected chi connectivity index (χ2v) is 4.69. The molecular weight excluding hydrogens is 266 g/mol. The third-order valence-corrected chi connectivity index (χ3v) is 3.11. The molecule has 0 aliphatic carbocycles. The van der Waals surface area contributed by atoms with Crippen LogP contribution in [-0.2, 0) is 4.79 Å². The van der Waals surface area contributed by atoms with Crippen LogP contribution in [-0.4, -0.2) is 17.6 Å². The molecule has 21 heavy (non-hydrogen) atoms. The maximum absolute atomic E-state index is 12.0. The molecule has 0 saturated heterocycles. The van der Waals surface area contributed by atoms with Gasteiger partial charge in [-0.2, -0.15) is 0 Å². The number of carbonyl (C=O) groups excluding carboxylic acids is 1. The topological polar surface area (TPSA) is 62.5 Å². The monoisotopic (exact) mass is 285 g/mol. The summed E-state index contributed by atoms with van der Waals surface area (Å²) < 4.78 is 5.14. The summed E-state index contributed by atoms with van der Waals surface area (Å²) in [6, 6.07) is 13.2. The van der Waals surface area contributed by atoms with Gasteiger partial charge in [-0.05, 0) is 36.6 Å². The highest BCUT2D eigenvalue weighted by atomic mass is 16.3. The minimum atomic E-state index is -0.182. The molecule has 0 aliphatic rings. The molecule has 2 N–H and O–H groups in total. The Balaban J connectivity index is 1.99. The zero-order valence-corrected chi connectivity index (χ0v) is 11.7. The minimum Gasteiger partial charge on any atom is -0.465 e. The number of aliphatic hydroxyl groups excluding tert-OH is 1. The van der Waals surface area contributed by atoms with Gasteiger partial charge in [0, 0.05) is 12.7 Å². The van der Waals surface area contributed by atoms with E-state index >= 15 is 0 Å². The zero-order chi connectivity index (χ0) is 14.9. The summed E-state index contributed by atoms with van der Waals surface area (Å²) in [4.78, 5) is 12.0. The molecule has 1 heterocycles. The summed E-state index contributed by atoms with van der Waals surface area (Å²) in [5.74, 6) is 0.454. The Kier molecular flexibility index (Phi) is 5.79. The molecule has 0 bridgehead atoms. The predicted molar refractivity (Wildman–Crippen MR) is 81.4 cm³/mol. The molecule has 1 amide bonds. The van der Waals surface area contributed by atoms with Crippen molar-refractivity contribution in [2.24, 2.45) is 0 Å². The number of hydrogen-bond acceptors (Lipinski definition) is 3. The standard InChI is InChI=1S/C17H19NO3/c19-12-4-9-16(14-6-2-1-3-7-14)18-17(20)11-10-15-8-5-13-21-15/h1-3,5-8,10-11,13,16,19H,4,9,12H2,(H,18,20)/b11-10+. The van der Waals surface area contributed by atoms with Gasteiger partial charge in [0.2, 0.25) is 5.91 Å². The highest BCUT2D eigenvalue weighted by Gasteiger charge is 2.12. The van der Waals surface area contributed by atoms with Crippen LogP contribution in [0.5, 0.6) is 0 Å². The van der Waals surface area contributed by atoms with Gasteiger partial charge in [0.05, 0.1) is 12.3 Å². The van der Waals surface area contributed by atoms with E-state index in [0.717, 1.165) is 5.56 Å². The van der Waals surface area contributed by atoms with E-state index in [4.69, 9.17) is 9.52 Å². The molecule has 1 aromatic heterocycles. The second-order valence-electron chi connectivity index (χ2n) is 4.69. The van der Waals surface area contributed by atoms with Crippen molar-refractivity contribution in [1.29, 1.82) is 0 Å². The van der Waals surface area contributed by atoms with E-state index in [1.54, 1.807) is 24.5 Å². The molecule has 0 spiro atoms. The zero-order valence-electron chi connectivity index (χ0n) is 11.7. The summed E-state index contributed by atoms with van der Waals surface area (Å²) in [6.45, 7) is 0.113. The lowest BCUT2D eigenvalue weighted by atomic mass is 10.0. The van der Waals surface area contributed by atoms with Crippen LogP contribution in [0.1, 0.15) is 30.2 Å². The van der Waals surface area contributed by atoms with E-state index < -0.39 is 0 Å². The fraction of sp³-hybridized carbons (Fsp3) is 0.235. The highest BCUT2D eigenvalue weighted by molar-refractivity contribution is 5.91. The molecule has 1 atom stereocenters.